The zero-order valence-corrected chi connectivity index (χ0v) is 12.4. The molecule has 108 valence electrons. The molecule has 1 heterocycles. The molecule has 0 unspecified atom stereocenters. The van der Waals surface area contributed by atoms with Crippen molar-refractivity contribution in [1.29, 1.82) is 0 Å². The second kappa shape index (κ2) is 6.66. The summed E-state index contributed by atoms with van der Waals surface area (Å²) in [6.07, 6.45) is 5.41. The van der Waals surface area contributed by atoms with Crippen molar-refractivity contribution in [3.63, 3.8) is 0 Å². The summed E-state index contributed by atoms with van der Waals surface area (Å²) < 4.78 is 16.2. The molecule has 0 aliphatic rings. The molecule has 1 N–H and O–H groups in total. The summed E-state index contributed by atoms with van der Waals surface area (Å²) in [7, 11) is 0. The van der Waals surface area contributed by atoms with Gasteiger partial charge in [0.25, 0.3) is 0 Å². The van der Waals surface area contributed by atoms with E-state index in [0.717, 1.165) is 24.2 Å². The maximum atomic E-state index is 14.3. The van der Waals surface area contributed by atoms with Gasteiger partial charge in [-0.25, -0.2) is 9.37 Å². The second-order valence-electron chi connectivity index (χ2n) is 5.25. The summed E-state index contributed by atoms with van der Waals surface area (Å²) >= 11 is 0. The molecule has 0 saturated carbocycles. The van der Waals surface area contributed by atoms with Crippen LogP contribution in [0.3, 0.4) is 0 Å². The average molecular weight is 275 g/mol. The fourth-order valence-electron chi connectivity index (χ4n) is 2.23. The molecule has 0 saturated heterocycles. The molecular weight excluding hydrogens is 253 g/mol. The molecule has 0 bridgehead atoms. The highest BCUT2D eigenvalue weighted by molar-refractivity contribution is 5.43. The molecule has 1 aromatic carbocycles. The molecule has 3 nitrogen and oxygen atoms in total. The lowest BCUT2D eigenvalue weighted by Gasteiger charge is -2.15. The van der Waals surface area contributed by atoms with Crippen LogP contribution in [0.4, 0.5) is 4.39 Å². The summed E-state index contributed by atoms with van der Waals surface area (Å²) in [5, 5.41) is 3.34. The third kappa shape index (κ3) is 3.25. The maximum Gasteiger partial charge on any atom is 0.147 e. The van der Waals surface area contributed by atoms with E-state index in [1.807, 2.05) is 16.8 Å². The minimum atomic E-state index is -0.205. The van der Waals surface area contributed by atoms with Crippen LogP contribution in [-0.2, 0) is 13.0 Å². The highest BCUT2D eigenvalue weighted by Gasteiger charge is 2.13. The highest BCUT2D eigenvalue weighted by Crippen LogP contribution is 2.21. The third-order valence-corrected chi connectivity index (χ3v) is 3.20. The van der Waals surface area contributed by atoms with Gasteiger partial charge in [0.15, 0.2) is 0 Å². The van der Waals surface area contributed by atoms with E-state index >= 15 is 0 Å². The molecule has 0 spiro atoms. The molecular formula is C16H22FN3. The predicted octanol–water partition coefficient (Wildman–Crippen LogP) is 3.46. The second-order valence-corrected chi connectivity index (χ2v) is 5.25. The number of para-hydroxylation sites is 1. The number of hydrogen-bond acceptors (Lipinski definition) is 2. The predicted molar refractivity (Wildman–Crippen MR) is 79.5 cm³/mol. The van der Waals surface area contributed by atoms with Gasteiger partial charge in [0.2, 0.25) is 0 Å². The largest absolute Gasteiger partial charge is 0.310 e. The minimum absolute atomic E-state index is 0.205. The molecule has 4 heteroatoms. The van der Waals surface area contributed by atoms with E-state index in [9.17, 15) is 4.39 Å². The van der Waals surface area contributed by atoms with Gasteiger partial charge >= 0.3 is 0 Å². The fourth-order valence-corrected chi connectivity index (χ4v) is 2.23. The van der Waals surface area contributed by atoms with Crippen LogP contribution in [0, 0.1) is 5.82 Å². The number of rotatable bonds is 6. The smallest absolute Gasteiger partial charge is 0.147 e. The highest BCUT2D eigenvalue weighted by atomic mass is 19.1. The Morgan fingerprint density at radius 2 is 2.15 bits per heavy atom. The number of hydrogen-bond donors (Lipinski definition) is 1. The van der Waals surface area contributed by atoms with Gasteiger partial charge in [0, 0.05) is 31.4 Å². The molecule has 0 atom stereocenters. The normalized spacial score (nSPS) is 11.2. The van der Waals surface area contributed by atoms with Gasteiger partial charge in [-0.05, 0) is 18.1 Å². The SMILES string of the molecule is CCCc1nccn1-c1c(F)cccc1CNC(C)C. The molecule has 1 aromatic heterocycles. The van der Waals surface area contributed by atoms with Gasteiger partial charge in [-0.1, -0.05) is 32.9 Å². The van der Waals surface area contributed by atoms with E-state index in [1.54, 1.807) is 12.3 Å². The Bertz CT molecular complexity index is 561. The number of halogens is 1. The van der Waals surface area contributed by atoms with Gasteiger partial charge in [-0.3, -0.25) is 0 Å². The van der Waals surface area contributed by atoms with Crippen molar-refractivity contribution < 1.29 is 4.39 Å². The van der Waals surface area contributed by atoms with Crippen molar-refractivity contribution in [2.24, 2.45) is 0 Å². The van der Waals surface area contributed by atoms with Crippen molar-refractivity contribution in [1.82, 2.24) is 14.9 Å². The Kier molecular flexibility index (Phi) is 4.90. The van der Waals surface area contributed by atoms with E-state index in [4.69, 9.17) is 0 Å². The van der Waals surface area contributed by atoms with Crippen LogP contribution in [0.5, 0.6) is 0 Å². The van der Waals surface area contributed by atoms with Crippen molar-refractivity contribution >= 4 is 0 Å². The summed E-state index contributed by atoms with van der Waals surface area (Å²) in [4.78, 5) is 4.34. The first-order chi connectivity index (χ1) is 9.63. The van der Waals surface area contributed by atoms with Crippen LogP contribution in [0.25, 0.3) is 5.69 Å². The van der Waals surface area contributed by atoms with Gasteiger partial charge in [0.1, 0.15) is 11.6 Å². The Morgan fingerprint density at radius 3 is 2.85 bits per heavy atom. The Labute approximate surface area is 119 Å². The van der Waals surface area contributed by atoms with E-state index < -0.39 is 0 Å². The van der Waals surface area contributed by atoms with Crippen LogP contribution in [0.1, 0.15) is 38.6 Å². The first kappa shape index (κ1) is 14.7. The molecule has 2 aromatic rings. The lowest BCUT2D eigenvalue weighted by atomic mass is 10.1. The van der Waals surface area contributed by atoms with Crippen LogP contribution >= 0.6 is 0 Å². The minimum Gasteiger partial charge on any atom is -0.310 e. The van der Waals surface area contributed by atoms with Gasteiger partial charge in [-0.2, -0.15) is 0 Å². The molecule has 0 fully saturated rings. The first-order valence-corrected chi connectivity index (χ1v) is 7.16. The molecule has 0 aliphatic heterocycles. The molecule has 0 amide bonds. The third-order valence-electron chi connectivity index (χ3n) is 3.20. The van der Waals surface area contributed by atoms with E-state index in [-0.39, 0.29) is 5.82 Å². The Morgan fingerprint density at radius 1 is 1.35 bits per heavy atom. The monoisotopic (exact) mass is 275 g/mol. The Balaban J connectivity index is 2.41. The van der Waals surface area contributed by atoms with Gasteiger partial charge in [-0.15, -0.1) is 0 Å². The summed E-state index contributed by atoms with van der Waals surface area (Å²) in [5.74, 6) is 0.701. The van der Waals surface area contributed by atoms with Gasteiger partial charge < -0.3 is 9.88 Å². The molecule has 2 rings (SSSR count). The average Bonchev–Trinajstić information content (AvgIpc) is 2.85. The van der Waals surface area contributed by atoms with Crippen LogP contribution in [0.2, 0.25) is 0 Å². The molecule has 0 radical (unpaired) electrons. The maximum absolute atomic E-state index is 14.3. The summed E-state index contributed by atoms with van der Waals surface area (Å²) in [6, 6.07) is 5.59. The quantitative estimate of drug-likeness (QED) is 0.875. The van der Waals surface area contributed by atoms with Crippen molar-refractivity contribution in [2.75, 3.05) is 0 Å². The van der Waals surface area contributed by atoms with Crippen LogP contribution in [0.15, 0.2) is 30.6 Å². The van der Waals surface area contributed by atoms with Crippen LogP contribution in [-0.4, -0.2) is 15.6 Å². The first-order valence-electron chi connectivity index (χ1n) is 7.16. The topological polar surface area (TPSA) is 29.9 Å². The van der Waals surface area contributed by atoms with Crippen molar-refractivity contribution in [3.05, 3.63) is 47.8 Å². The van der Waals surface area contributed by atoms with Crippen molar-refractivity contribution in [2.45, 2.75) is 46.2 Å². The van der Waals surface area contributed by atoms with Crippen molar-refractivity contribution in [3.8, 4) is 5.69 Å². The number of aryl methyl sites for hydroxylation is 1. The summed E-state index contributed by atoms with van der Waals surface area (Å²) in [6.45, 7) is 6.91. The zero-order chi connectivity index (χ0) is 14.5. The number of aromatic nitrogens is 2. The number of imidazole rings is 1. The Hall–Kier alpha value is -1.68. The van der Waals surface area contributed by atoms with Crippen LogP contribution < -0.4 is 5.32 Å². The molecule has 0 aliphatic carbocycles. The number of nitrogens with zero attached hydrogens (tertiary/aromatic N) is 2. The van der Waals surface area contributed by atoms with Gasteiger partial charge in [0.05, 0.1) is 5.69 Å². The van der Waals surface area contributed by atoms with E-state index in [0.29, 0.717) is 18.3 Å². The van der Waals surface area contributed by atoms with E-state index in [2.05, 4.69) is 31.1 Å². The lowest BCUT2D eigenvalue weighted by Crippen LogP contribution is -2.23. The van der Waals surface area contributed by atoms with E-state index in [1.165, 1.54) is 6.07 Å². The fraction of sp³-hybridized carbons (Fsp3) is 0.438. The number of nitrogens with one attached hydrogen (secondary N) is 1. The summed E-state index contributed by atoms with van der Waals surface area (Å²) in [5.41, 5.74) is 1.57. The zero-order valence-electron chi connectivity index (χ0n) is 12.4. The standard InChI is InChI=1S/C16H22FN3/c1-4-6-15-18-9-10-20(15)16-13(11-19-12(2)3)7-5-8-14(16)17/h5,7-10,12,19H,4,6,11H2,1-3H3. The molecule has 20 heavy (non-hydrogen) atoms. The lowest BCUT2D eigenvalue weighted by molar-refractivity contribution is 0.575. The number of benzene rings is 1.